The van der Waals surface area contributed by atoms with Crippen molar-refractivity contribution >= 4 is 29.7 Å². The maximum atomic E-state index is 12.4. The largest absolute Gasteiger partial charge is 0.480 e. The van der Waals surface area contributed by atoms with Crippen molar-refractivity contribution in [3.8, 4) is 0 Å². The summed E-state index contributed by atoms with van der Waals surface area (Å²) in [4.78, 5) is 64.8. The minimum atomic E-state index is -1.02. The molecule has 1 aliphatic heterocycles. The maximum Gasteiger partial charge on any atom is 0.317 e. The predicted octanol–water partition coefficient (Wildman–Crippen LogP) is -2.90. The van der Waals surface area contributed by atoms with E-state index >= 15 is 0 Å². The van der Waals surface area contributed by atoms with Crippen LogP contribution in [0, 0.1) is 0 Å². The molecule has 0 bridgehead atoms. The fourth-order valence-corrected chi connectivity index (χ4v) is 3.55. The highest BCUT2D eigenvalue weighted by Crippen LogP contribution is 2.01. The Morgan fingerprint density at radius 1 is 0.571 bits per heavy atom. The van der Waals surface area contributed by atoms with Crippen LogP contribution in [-0.4, -0.2) is 156 Å². The molecule has 200 valence electrons. The van der Waals surface area contributed by atoms with Crippen LogP contribution in [-0.2, 0) is 24.0 Å². The molecule has 14 nitrogen and oxygen atoms in total. The van der Waals surface area contributed by atoms with Gasteiger partial charge in [-0.2, -0.15) is 0 Å². The quantitative estimate of drug-likeness (QED) is 0.184. The number of hydrogen-bond acceptors (Lipinski definition) is 9. The Kier molecular flexibility index (Phi) is 14.5. The van der Waals surface area contributed by atoms with E-state index in [4.69, 9.17) is 0 Å². The van der Waals surface area contributed by atoms with Gasteiger partial charge in [-0.1, -0.05) is 6.92 Å². The molecule has 1 rings (SSSR count). The number of carboxylic acids is 3. The van der Waals surface area contributed by atoms with Crippen LogP contribution >= 0.6 is 0 Å². The number of hydrogen-bond donors (Lipinski definition) is 5. The van der Waals surface area contributed by atoms with E-state index in [1.807, 2.05) is 6.92 Å². The Bertz CT molecular complexity index is 690. The molecule has 0 aromatic heterocycles. The summed E-state index contributed by atoms with van der Waals surface area (Å²) in [6, 6.07) is 0. The van der Waals surface area contributed by atoms with E-state index < -0.39 is 17.9 Å². The summed E-state index contributed by atoms with van der Waals surface area (Å²) in [5.41, 5.74) is 0. The normalized spacial score (nSPS) is 17.6. The Balaban J connectivity index is 2.86. The lowest BCUT2D eigenvalue weighted by Gasteiger charge is -2.32. The number of amides is 2. The molecule has 0 unspecified atom stereocenters. The van der Waals surface area contributed by atoms with Gasteiger partial charge in [-0.05, 0) is 6.42 Å². The second-order valence-electron chi connectivity index (χ2n) is 8.41. The first-order chi connectivity index (χ1) is 16.6. The van der Waals surface area contributed by atoms with E-state index in [1.165, 1.54) is 0 Å². The van der Waals surface area contributed by atoms with Gasteiger partial charge in [0.25, 0.3) is 0 Å². The SMILES string of the molecule is CCCNC(=O)CNC(=O)CN1CCN(CC(=O)O)CCN(CC(=O)O)CCN(CC(=O)O)CC1. The van der Waals surface area contributed by atoms with E-state index in [2.05, 4.69) is 10.6 Å². The van der Waals surface area contributed by atoms with Gasteiger partial charge >= 0.3 is 17.9 Å². The summed E-state index contributed by atoms with van der Waals surface area (Å²) in [7, 11) is 0. The van der Waals surface area contributed by atoms with Crippen LogP contribution in [0.4, 0.5) is 0 Å². The highest BCUT2D eigenvalue weighted by atomic mass is 16.4. The molecule has 0 atom stereocenters. The number of carboxylic acid groups (broad SMARTS) is 3. The maximum absolute atomic E-state index is 12.4. The van der Waals surface area contributed by atoms with Crippen LogP contribution in [0.1, 0.15) is 13.3 Å². The van der Waals surface area contributed by atoms with E-state index in [9.17, 15) is 39.3 Å². The molecular formula is C21H38N6O8. The van der Waals surface area contributed by atoms with Gasteiger partial charge in [0.05, 0.1) is 32.7 Å². The molecule has 2 amide bonds. The number of rotatable bonds is 12. The van der Waals surface area contributed by atoms with Gasteiger partial charge in [-0.3, -0.25) is 43.6 Å². The number of carbonyl (C=O) groups excluding carboxylic acids is 2. The van der Waals surface area contributed by atoms with Crippen molar-refractivity contribution in [3.63, 3.8) is 0 Å². The minimum absolute atomic E-state index is 0.0337. The Morgan fingerprint density at radius 3 is 1.23 bits per heavy atom. The Hall–Kier alpha value is -2.81. The van der Waals surface area contributed by atoms with E-state index in [-0.39, 0.29) is 44.5 Å². The van der Waals surface area contributed by atoms with Crippen molar-refractivity contribution in [2.24, 2.45) is 0 Å². The van der Waals surface area contributed by atoms with Crippen LogP contribution < -0.4 is 10.6 Å². The molecule has 35 heavy (non-hydrogen) atoms. The molecule has 0 saturated carbocycles. The molecule has 0 spiro atoms. The van der Waals surface area contributed by atoms with Crippen molar-refractivity contribution in [1.29, 1.82) is 0 Å². The van der Waals surface area contributed by atoms with Crippen molar-refractivity contribution in [3.05, 3.63) is 0 Å². The van der Waals surface area contributed by atoms with Crippen molar-refractivity contribution < 1.29 is 39.3 Å². The fraction of sp³-hybridized carbons (Fsp3) is 0.762. The average Bonchev–Trinajstić information content (AvgIpc) is 2.76. The summed E-state index contributed by atoms with van der Waals surface area (Å²) in [6.45, 7) is 4.06. The van der Waals surface area contributed by atoms with Crippen LogP contribution in [0.5, 0.6) is 0 Å². The van der Waals surface area contributed by atoms with Crippen molar-refractivity contribution in [2.45, 2.75) is 13.3 Å². The third-order valence-corrected chi connectivity index (χ3v) is 5.39. The van der Waals surface area contributed by atoms with E-state index in [1.54, 1.807) is 19.6 Å². The molecule has 0 aromatic rings. The van der Waals surface area contributed by atoms with Crippen LogP contribution in [0.3, 0.4) is 0 Å². The van der Waals surface area contributed by atoms with Gasteiger partial charge in [0.1, 0.15) is 0 Å². The number of nitrogens with zero attached hydrogens (tertiary/aromatic N) is 4. The smallest absolute Gasteiger partial charge is 0.317 e. The van der Waals surface area contributed by atoms with Gasteiger partial charge in [0.2, 0.25) is 11.8 Å². The second kappa shape index (κ2) is 16.8. The zero-order chi connectivity index (χ0) is 26.2. The van der Waals surface area contributed by atoms with Gasteiger partial charge < -0.3 is 26.0 Å². The molecule has 0 aliphatic carbocycles. The van der Waals surface area contributed by atoms with Crippen molar-refractivity contribution in [1.82, 2.24) is 30.2 Å². The van der Waals surface area contributed by atoms with Gasteiger partial charge in [-0.15, -0.1) is 0 Å². The van der Waals surface area contributed by atoms with Gasteiger partial charge in [0, 0.05) is 58.9 Å². The third kappa shape index (κ3) is 14.9. The standard InChI is InChI=1S/C21H38N6O8/c1-2-3-22-17(28)12-23-18(29)13-24-4-6-25(14-19(30)31)8-10-27(16-21(34)35)11-9-26(7-5-24)15-20(32)33/h2-16H2,1H3,(H,22,28)(H,23,29)(H,30,31)(H,32,33)(H,34,35). The summed E-state index contributed by atoms with van der Waals surface area (Å²) in [5.74, 6) is -3.72. The molecule has 1 fully saturated rings. The minimum Gasteiger partial charge on any atom is -0.480 e. The van der Waals surface area contributed by atoms with Crippen LogP contribution in [0.25, 0.3) is 0 Å². The topological polar surface area (TPSA) is 183 Å². The molecule has 1 aliphatic rings. The molecule has 5 N–H and O–H groups in total. The fourth-order valence-electron chi connectivity index (χ4n) is 3.55. The lowest BCUT2D eigenvalue weighted by Crippen LogP contribution is -2.50. The monoisotopic (exact) mass is 502 g/mol. The molecule has 14 heteroatoms. The lowest BCUT2D eigenvalue weighted by molar-refractivity contribution is -0.140. The lowest BCUT2D eigenvalue weighted by atomic mass is 10.3. The molecule has 1 saturated heterocycles. The molecule has 0 aromatic carbocycles. The summed E-state index contributed by atoms with van der Waals surface area (Å²) >= 11 is 0. The average molecular weight is 503 g/mol. The summed E-state index contributed by atoms with van der Waals surface area (Å²) in [6.07, 6.45) is 0.779. The third-order valence-electron chi connectivity index (χ3n) is 5.39. The van der Waals surface area contributed by atoms with Gasteiger partial charge in [-0.25, -0.2) is 0 Å². The summed E-state index contributed by atoms with van der Waals surface area (Å²) in [5, 5.41) is 32.9. The Morgan fingerprint density at radius 2 is 0.914 bits per heavy atom. The number of nitrogens with one attached hydrogen (secondary N) is 2. The van der Waals surface area contributed by atoms with E-state index in [0.29, 0.717) is 58.9 Å². The zero-order valence-corrected chi connectivity index (χ0v) is 20.3. The number of aliphatic carboxylic acids is 3. The first-order valence-corrected chi connectivity index (χ1v) is 11.7. The second-order valence-corrected chi connectivity index (χ2v) is 8.41. The molecule has 1 heterocycles. The first kappa shape index (κ1) is 30.2. The van der Waals surface area contributed by atoms with E-state index in [0.717, 1.165) is 6.42 Å². The van der Waals surface area contributed by atoms with Crippen LogP contribution in [0.15, 0.2) is 0 Å². The molecular weight excluding hydrogens is 464 g/mol. The highest BCUT2D eigenvalue weighted by molar-refractivity contribution is 5.85. The zero-order valence-electron chi connectivity index (χ0n) is 20.3. The predicted molar refractivity (Wildman–Crippen MR) is 125 cm³/mol. The van der Waals surface area contributed by atoms with Crippen LogP contribution in [0.2, 0.25) is 0 Å². The number of carbonyl (C=O) groups is 5. The molecule has 0 radical (unpaired) electrons. The summed E-state index contributed by atoms with van der Waals surface area (Å²) < 4.78 is 0. The highest BCUT2D eigenvalue weighted by Gasteiger charge is 2.21. The Labute approximate surface area is 204 Å². The van der Waals surface area contributed by atoms with Crippen molar-refractivity contribution in [2.75, 3.05) is 91.6 Å². The first-order valence-electron chi connectivity index (χ1n) is 11.7. The van der Waals surface area contributed by atoms with Gasteiger partial charge in [0.15, 0.2) is 0 Å².